The second-order valence-electron chi connectivity index (χ2n) is 6.26. The van der Waals surface area contributed by atoms with Crippen molar-refractivity contribution in [3.05, 3.63) is 38.4 Å². The Bertz CT molecular complexity index is 774. The van der Waals surface area contributed by atoms with Crippen LogP contribution in [0.1, 0.15) is 45.9 Å². The summed E-state index contributed by atoms with van der Waals surface area (Å²) in [6.07, 6.45) is 2.25. The van der Waals surface area contributed by atoms with E-state index in [9.17, 15) is 9.59 Å². The Balaban J connectivity index is 0.00000261. The van der Waals surface area contributed by atoms with Crippen molar-refractivity contribution in [2.75, 3.05) is 25.0 Å². The highest BCUT2D eigenvalue weighted by atomic mass is 35.5. The molecule has 0 aliphatic carbocycles. The zero-order valence-corrected chi connectivity index (χ0v) is 18.0. The molecule has 1 amide bonds. The Labute approximate surface area is 174 Å². The number of hydrogen-bond acceptors (Lipinski definition) is 6. The molecule has 0 aromatic carbocycles. The molecule has 1 N–H and O–H groups in total. The second-order valence-corrected chi connectivity index (χ2v) is 8.40. The first-order valence-corrected chi connectivity index (χ1v) is 10.7. The Kier molecular flexibility index (Phi) is 8.28. The molecular weight excluding hydrogens is 404 g/mol. The van der Waals surface area contributed by atoms with E-state index in [2.05, 4.69) is 17.1 Å². The first kappa shape index (κ1) is 21.9. The summed E-state index contributed by atoms with van der Waals surface area (Å²) in [5.41, 5.74) is 1.61. The SMILES string of the molecule is CCCN1CCc2c(sc(NC(=O)Cc3cccs3)c2C(=O)OCC)C1.Cl. The number of anilines is 1. The highest BCUT2D eigenvalue weighted by Gasteiger charge is 2.29. The number of nitrogens with one attached hydrogen (secondary N) is 1. The van der Waals surface area contributed by atoms with Crippen molar-refractivity contribution < 1.29 is 14.3 Å². The largest absolute Gasteiger partial charge is 0.462 e. The van der Waals surface area contributed by atoms with Crippen molar-refractivity contribution in [3.8, 4) is 0 Å². The van der Waals surface area contributed by atoms with Crippen molar-refractivity contribution in [2.24, 2.45) is 0 Å². The van der Waals surface area contributed by atoms with Gasteiger partial charge in [-0.25, -0.2) is 4.79 Å². The van der Waals surface area contributed by atoms with Crippen molar-refractivity contribution in [2.45, 2.75) is 39.7 Å². The third kappa shape index (κ3) is 5.31. The van der Waals surface area contributed by atoms with Crippen LogP contribution in [0.4, 0.5) is 5.00 Å². The van der Waals surface area contributed by atoms with Crippen LogP contribution in [0.3, 0.4) is 0 Å². The maximum Gasteiger partial charge on any atom is 0.341 e. The van der Waals surface area contributed by atoms with Crippen LogP contribution in [0, 0.1) is 0 Å². The van der Waals surface area contributed by atoms with Gasteiger partial charge in [0, 0.05) is 22.8 Å². The fourth-order valence-corrected chi connectivity index (χ4v) is 5.21. The minimum atomic E-state index is -0.333. The highest BCUT2D eigenvalue weighted by molar-refractivity contribution is 7.17. The zero-order chi connectivity index (χ0) is 18.5. The van der Waals surface area contributed by atoms with Gasteiger partial charge in [0.05, 0.1) is 18.6 Å². The number of thiophene rings is 2. The summed E-state index contributed by atoms with van der Waals surface area (Å²) in [5, 5.41) is 5.55. The molecule has 0 fully saturated rings. The van der Waals surface area contributed by atoms with Gasteiger partial charge in [-0.3, -0.25) is 9.69 Å². The monoisotopic (exact) mass is 428 g/mol. The Morgan fingerprint density at radius 2 is 2.15 bits per heavy atom. The maximum atomic E-state index is 12.5. The van der Waals surface area contributed by atoms with Crippen molar-refractivity contribution in [3.63, 3.8) is 0 Å². The number of hydrogen-bond donors (Lipinski definition) is 1. The van der Waals surface area contributed by atoms with E-state index in [1.165, 1.54) is 16.2 Å². The Morgan fingerprint density at radius 1 is 1.33 bits per heavy atom. The molecule has 27 heavy (non-hydrogen) atoms. The van der Waals surface area contributed by atoms with Gasteiger partial charge in [0.1, 0.15) is 5.00 Å². The van der Waals surface area contributed by atoms with Crippen molar-refractivity contribution in [1.82, 2.24) is 4.90 Å². The predicted molar refractivity (Wildman–Crippen MR) is 113 cm³/mol. The number of carbonyl (C=O) groups is 2. The number of halogens is 1. The minimum Gasteiger partial charge on any atom is -0.462 e. The topological polar surface area (TPSA) is 58.6 Å². The number of fused-ring (bicyclic) bond motifs is 1. The van der Waals surface area contributed by atoms with Crippen LogP contribution >= 0.6 is 35.1 Å². The van der Waals surface area contributed by atoms with E-state index in [0.717, 1.165) is 42.9 Å². The highest BCUT2D eigenvalue weighted by Crippen LogP contribution is 2.37. The number of rotatable bonds is 7. The van der Waals surface area contributed by atoms with Crippen LogP contribution in [0.2, 0.25) is 0 Å². The van der Waals surface area contributed by atoms with Crippen LogP contribution in [-0.2, 0) is 28.9 Å². The molecule has 0 spiro atoms. The van der Waals surface area contributed by atoms with Gasteiger partial charge in [-0.05, 0) is 43.3 Å². The summed E-state index contributed by atoms with van der Waals surface area (Å²) in [6, 6.07) is 3.88. The Hall–Kier alpha value is -1.41. The number of ether oxygens (including phenoxy) is 1. The van der Waals surface area contributed by atoms with E-state index in [4.69, 9.17) is 4.74 Å². The van der Waals surface area contributed by atoms with E-state index in [0.29, 0.717) is 23.6 Å². The smallest absolute Gasteiger partial charge is 0.341 e. The number of carbonyl (C=O) groups excluding carboxylic acids is 2. The molecule has 1 aliphatic heterocycles. The molecule has 0 radical (unpaired) electrons. The lowest BCUT2D eigenvalue weighted by atomic mass is 10.0. The summed E-state index contributed by atoms with van der Waals surface area (Å²) in [6.45, 7) is 7.12. The quantitative estimate of drug-likeness (QED) is 0.665. The molecule has 0 unspecified atom stereocenters. The maximum absolute atomic E-state index is 12.5. The van der Waals surface area contributed by atoms with E-state index < -0.39 is 0 Å². The Morgan fingerprint density at radius 3 is 2.81 bits per heavy atom. The van der Waals surface area contributed by atoms with Crippen LogP contribution in [0.15, 0.2) is 17.5 Å². The summed E-state index contributed by atoms with van der Waals surface area (Å²) in [5.74, 6) is -0.428. The molecule has 0 saturated carbocycles. The van der Waals surface area contributed by atoms with Gasteiger partial charge in [0.2, 0.25) is 5.91 Å². The molecule has 0 saturated heterocycles. The molecular formula is C19H25ClN2O3S2. The molecule has 2 aromatic heterocycles. The van der Waals surface area contributed by atoms with Crippen LogP contribution in [0.25, 0.3) is 0 Å². The first-order valence-electron chi connectivity index (χ1n) is 8.98. The van der Waals surface area contributed by atoms with Gasteiger partial charge in [-0.1, -0.05) is 13.0 Å². The van der Waals surface area contributed by atoms with E-state index >= 15 is 0 Å². The third-order valence-electron chi connectivity index (χ3n) is 4.32. The molecule has 5 nitrogen and oxygen atoms in total. The van der Waals surface area contributed by atoms with E-state index in [1.54, 1.807) is 18.3 Å². The van der Waals surface area contributed by atoms with Gasteiger partial charge in [0.15, 0.2) is 0 Å². The molecule has 0 bridgehead atoms. The van der Waals surface area contributed by atoms with Gasteiger partial charge < -0.3 is 10.1 Å². The molecule has 2 aromatic rings. The third-order valence-corrected chi connectivity index (χ3v) is 6.33. The number of esters is 1. The van der Waals surface area contributed by atoms with Gasteiger partial charge >= 0.3 is 5.97 Å². The summed E-state index contributed by atoms with van der Waals surface area (Å²) in [7, 11) is 0. The molecule has 3 heterocycles. The standard InChI is InChI=1S/C19H24N2O3S2.ClH/c1-3-8-21-9-7-14-15(12-21)26-18(17(14)19(23)24-4-2)20-16(22)11-13-6-5-10-25-13;/h5-6,10H,3-4,7-9,11-12H2,1-2H3,(H,20,22);1H. The predicted octanol–water partition coefficient (Wildman–Crippen LogP) is 4.36. The molecule has 8 heteroatoms. The lowest BCUT2D eigenvalue weighted by molar-refractivity contribution is -0.115. The lowest BCUT2D eigenvalue weighted by Gasteiger charge is -2.26. The summed E-state index contributed by atoms with van der Waals surface area (Å²) >= 11 is 3.07. The van der Waals surface area contributed by atoms with Gasteiger partial charge in [-0.15, -0.1) is 35.1 Å². The zero-order valence-electron chi connectivity index (χ0n) is 15.6. The van der Waals surface area contributed by atoms with Crippen molar-refractivity contribution >= 4 is 52.0 Å². The number of nitrogens with zero attached hydrogens (tertiary/aromatic N) is 1. The molecule has 0 atom stereocenters. The molecule has 148 valence electrons. The number of amides is 1. The van der Waals surface area contributed by atoms with Crippen LogP contribution < -0.4 is 5.32 Å². The molecule has 1 aliphatic rings. The summed E-state index contributed by atoms with van der Waals surface area (Å²) in [4.78, 5) is 29.5. The van der Waals surface area contributed by atoms with Crippen LogP contribution in [-0.4, -0.2) is 36.5 Å². The second kappa shape index (κ2) is 10.2. The van der Waals surface area contributed by atoms with Gasteiger partial charge in [0.25, 0.3) is 0 Å². The van der Waals surface area contributed by atoms with Gasteiger partial charge in [-0.2, -0.15) is 0 Å². The van der Waals surface area contributed by atoms with Crippen LogP contribution in [0.5, 0.6) is 0 Å². The fourth-order valence-electron chi connectivity index (χ4n) is 3.21. The normalized spacial score (nSPS) is 13.6. The van der Waals surface area contributed by atoms with E-state index in [-0.39, 0.29) is 24.3 Å². The molecule has 3 rings (SSSR count). The lowest BCUT2D eigenvalue weighted by Crippen LogP contribution is -2.30. The average Bonchev–Trinajstić information content (AvgIpc) is 3.22. The summed E-state index contributed by atoms with van der Waals surface area (Å²) < 4.78 is 5.26. The first-order chi connectivity index (χ1) is 12.6. The van der Waals surface area contributed by atoms with E-state index in [1.807, 2.05) is 17.5 Å². The van der Waals surface area contributed by atoms with Crippen molar-refractivity contribution in [1.29, 1.82) is 0 Å². The fraction of sp³-hybridized carbons (Fsp3) is 0.474. The minimum absolute atomic E-state index is 0. The average molecular weight is 429 g/mol.